The summed E-state index contributed by atoms with van der Waals surface area (Å²) >= 11 is 11.8. The Labute approximate surface area is 187 Å². The second kappa shape index (κ2) is 11.3. The van der Waals surface area contributed by atoms with Gasteiger partial charge < -0.3 is 10.6 Å². The Bertz CT molecular complexity index is 855. The molecule has 0 aromatic heterocycles. The first kappa shape index (κ1) is 22.6. The first-order chi connectivity index (χ1) is 14.5. The van der Waals surface area contributed by atoms with E-state index in [9.17, 15) is 9.59 Å². The maximum absolute atomic E-state index is 12.1. The van der Waals surface area contributed by atoms with Crippen molar-refractivity contribution in [3.8, 4) is 0 Å². The average molecular weight is 449 g/mol. The lowest BCUT2D eigenvalue weighted by Crippen LogP contribution is -2.48. The molecule has 0 atom stereocenters. The van der Waals surface area contributed by atoms with E-state index in [0.29, 0.717) is 22.2 Å². The van der Waals surface area contributed by atoms with Gasteiger partial charge in [0.1, 0.15) is 0 Å². The van der Waals surface area contributed by atoms with Gasteiger partial charge in [0, 0.05) is 51.4 Å². The van der Waals surface area contributed by atoms with Crippen LogP contribution in [0, 0.1) is 0 Å². The molecule has 0 unspecified atom stereocenters. The summed E-state index contributed by atoms with van der Waals surface area (Å²) in [4.78, 5) is 28.9. The highest BCUT2D eigenvalue weighted by Gasteiger charge is 2.17. The number of carbonyl (C=O) groups excluding carboxylic acids is 2. The van der Waals surface area contributed by atoms with Gasteiger partial charge in [-0.3, -0.25) is 19.4 Å². The van der Waals surface area contributed by atoms with Crippen LogP contribution in [0.5, 0.6) is 0 Å². The summed E-state index contributed by atoms with van der Waals surface area (Å²) in [5.74, 6) is -0.579. The number of carbonyl (C=O) groups is 2. The maximum Gasteiger partial charge on any atom is 0.251 e. The van der Waals surface area contributed by atoms with E-state index in [-0.39, 0.29) is 18.4 Å². The van der Waals surface area contributed by atoms with Gasteiger partial charge in [-0.2, -0.15) is 0 Å². The molecule has 1 fully saturated rings. The summed E-state index contributed by atoms with van der Waals surface area (Å²) < 4.78 is 0. The summed E-state index contributed by atoms with van der Waals surface area (Å²) in [6.45, 7) is 6.25. The molecule has 2 N–H and O–H groups in total. The Hall–Kier alpha value is -2.12. The van der Waals surface area contributed by atoms with E-state index in [2.05, 4.69) is 44.7 Å². The predicted octanol–water partition coefficient (Wildman–Crippen LogP) is 2.66. The van der Waals surface area contributed by atoms with Crippen LogP contribution in [0.1, 0.15) is 15.9 Å². The van der Waals surface area contributed by atoms with Crippen molar-refractivity contribution in [1.29, 1.82) is 0 Å². The lowest BCUT2D eigenvalue weighted by atomic mass is 10.2. The highest BCUT2D eigenvalue weighted by atomic mass is 35.5. The van der Waals surface area contributed by atoms with Gasteiger partial charge >= 0.3 is 0 Å². The fourth-order valence-corrected chi connectivity index (χ4v) is 3.63. The van der Waals surface area contributed by atoms with Crippen LogP contribution in [0.3, 0.4) is 0 Å². The molecule has 8 heteroatoms. The first-order valence-electron chi connectivity index (χ1n) is 10.00. The van der Waals surface area contributed by atoms with Gasteiger partial charge in [0.2, 0.25) is 5.91 Å². The van der Waals surface area contributed by atoms with Gasteiger partial charge in [0.25, 0.3) is 5.91 Å². The van der Waals surface area contributed by atoms with Gasteiger partial charge in [0.05, 0.1) is 16.6 Å². The molecule has 1 saturated heterocycles. The number of nitrogens with zero attached hydrogens (tertiary/aromatic N) is 2. The number of rotatable bonds is 8. The van der Waals surface area contributed by atoms with Gasteiger partial charge in [-0.25, -0.2) is 0 Å². The summed E-state index contributed by atoms with van der Waals surface area (Å²) in [5, 5.41) is 6.13. The van der Waals surface area contributed by atoms with Crippen LogP contribution in [-0.2, 0) is 11.3 Å². The van der Waals surface area contributed by atoms with Crippen molar-refractivity contribution >= 4 is 35.0 Å². The first-order valence-corrected chi connectivity index (χ1v) is 10.8. The van der Waals surface area contributed by atoms with Crippen LogP contribution < -0.4 is 10.6 Å². The summed E-state index contributed by atoms with van der Waals surface area (Å²) in [6.07, 6.45) is 0. The number of hydrogen-bond acceptors (Lipinski definition) is 4. The zero-order valence-corrected chi connectivity index (χ0v) is 18.3. The van der Waals surface area contributed by atoms with Crippen LogP contribution >= 0.6 is 23.2 Å². The molecule has 6 nitrogen and oxygen atoms in total. The zero-order chi connectivity index (χ0) is 21.3. The van der Waals surface area contributed by atoms with Crippen LogP contribution in [0.25, 0.3) is 0 Å². The van der Waals surface area contributed by atoms with E-state index in [1.807, 2.05) is 6.07 Å². The lowest BCUT2D eigenvalue weighted by Gasteiger charge is -2.34. The molecule has 0 saturated carbocycles. The van der Waals surface area contributed by atoms with Crippen LogP contribution in [0.2, 0.25) is 10.0 Å². The van der Waals surface area contributed by atoms with Crippen LogP contribution in [0.15, 0.2) is 48.5 Å². The number of halogens is 2. The number of hydrogen-bond donors (Lipinski definition) is 2. The largest absolute Gasteiger partial charge is 0.353 e. The molecular formula is C22H26Cl2N4O2. The fourth-order valence-electron chi connectivity index (χ4n) is 3.33. The molecule has 2 aromatic carbocycles. The quantitative estimate of drug-likeness (QED) is 0.651. The lowest BCUT2D eigenvalue weighted by molar-refractivity contribution is -0.120. The Morgan fingerprint density at radius 3 is 2.27 bits per heavy atom. The minimum Gasteiger partial charge on any atom is -0.353 e. The zero-order valence-electron chi connectivity index (χ0n) is 16.7. The molecule has 160 valence electrons. The van der Waals surface area contributed by atoms with Gasteiger partial charge in [0.15, 0.2) is 0 Å². The van der Waals surface area contributed by atoms with Crippen molar-refractivity contribution in [3.05, 3.63) is 69.7 Å². The third-order valence-electron chi connectivity index (χ3n) is 5.06. The predicted molar refractivity (Wildman–Crippen MR) is 120 cm³/mol. The minimum absolute atomic E-state index is 0.0794. The molecule has 2 aromatic rings. The maximum atomic E-state index is 12.1. The van der Waals surface area contributed by atoms with Crippen molar-refractivity contribution in [3.63, 3.8) is 0 Å². The van der Waals surface area contributed by atoms with Gasteiger partial charge in [-0.1, -0.05) is 53.5 Å². The van der Waals surface area contributed by atoms with E-state index in [1.165, 1.54) is 11.6 Å². The SMILES string of the molecule is O=C(CNC(=O)c1ccc(Cl)c(Cl)c1)NCCN1CCN(Cc2ccccc2)CC1. The highest BCUT2D eigenvalue weighted by Crippen LogP contribution is 2.22. The third kappa shape index (κ3) is 6.99. The van der Waals surface area contributed by atoms with Crippen LogP contribution in [0.4, 0.5) is 0 Å². The molecule has 3 rings (SSSR count). The molecule has 1 aliphatic heterocycles. The van der Waals surface area contributed by atoms with Crippen molar-refractivity contribution < 1.29 is 9.59 Å². The topological polar surface area (TPSA) is 64.7 Å². The summed E-state index contributed by atoms with van der Waals surface area (Å²) in [7, 11) is 0. The van der Waals surface area contributed by atoms with Gasteiger partial charge in [-0.05, 0) is 23.8 Å². The number of nitrogens with one attached hydrogen (secondary N) is 2. The molecular weight excluding hydrogens is 423 g/mol. The highest BCUT2D eigenvalue weighted by molar-refractivity contribution is 6.42. The molecule has 0 radical (unpaired) electrons. The second-order valence-corrected chi connectivity index (χ2v) is 8.08. The Morgan fingerprint density at radius 2 is 1.57 bits per heavy atom. The van der Waals surface area contributed by atoms with E-state index in [0.717, 1.165) is 39.3 Å². The fraction of sp³-hybridized carbons (Fsp3) is 0.364. The smallest absolute Gasteiger partial charge is 0.251 e. The van der Waals surface area contributed by atoms with Crippen molar-refractivity contribution in [2.24, 2.45) is 0 Å². The Balaban J connectivity index is 1.29. The van der Waals surface area contributed by atoms with Crippen molar-refractivity contribution in [2.45, 2.75) is 6.54 Å². The summed E-state index contributed by atoms with van der Waals surface area (Å²) in [5.41, 5.74) is 1.70. The van der Waals surface area contributed by atoms with E-state index in [1.54, 1.807) is 12.1 Å². The number of piperazine rings is 1. The Kier molecular flexibility index (Phi) is 8.51. The summed E-state index contributed by atoms with van der Waals surface area (Å²) in [6, 6.07) is 15.1. The van der Waals surface area contributed by atoms with Crippen LogP contribution in [-0.4, -0.2) is 67.4 Å². The average Bonchev–Trinajstić information content (AvgIpc) is 2.76. The normalized spacial score (nSPS) is 15.0. The Morgan fingerprint density at radius 1 is 0.867 bits per heavy atom. The number of amides is 2. The minimum atomic E-state index is -0.363. The molecule has 0 aliphatic carbocycles. The number of benzene rings is 2. The molecule has 0 spiro atoms. The second-order valence-electron chi connectivity index (χ2n) is 7.26. The third-order valence-corrected chi connectivity index (χ3v) is 5.79. The molecule has 1 aliphatic rings. The van der Waals surface area contributed by atoms with E-state index < -0.39 is 0 Å². The van der Waals surface area contributed by atoms with E-state index in [4.69, 9.17) is 23.2 Å². The van der Waals surface area contributed by atoms with Gasteiger partial charge in [-0.15, -0.1) is 0 Å². The molecule has 1 heterocycles. The monoisotopic (exact) mass is 448 g/mol. The van der Waals surface area contributed by atoms with Crippen molar-refractivity contribution in [2.75, 3.05) is 45.8 Å². The standard InChI is InChI=1S/C22H26Cl2N4O2/c23-19-7-6-18(14-20(19)24)22(30)26-15-21(29)25-8-9-27-10-12-28(13-11-27)16-17-4-2-1-3-5-17/h1-7,14H,8-13,15-16H2,(H,25,29)(H,26,30). The molecule has 2 amide bonds. The molecule has 0 bridgehead atoms. The van der Waals surface area contributed by atoms with E-state index >= 15 is 0 Å². The van der Waals surface area contributed by atoms with Crippen molar-refractivity contribution in [1.82, 2.24) is 20.4 Å². The molecule has 30 heavy (non-hydrogen) atoms.